The van der Waals surface area contributed by atoms with E-state index in [2.05, 4.69) is 15.2 Å². The Balaban J connectivity index is 1.36. The molecule has 1 N–H and O–H groups in total. The van der Waals surface area contributed by atoms with Crippen LogP contribution in [0.25, 0.3) is 11.4 Å². The lowest BCUT2D eigenvalue weighted by Gasteiger charge is -2.29. The molecule has 11 nitrogen and oxygen atoms in total. The monoisotopic (exact) mass is 498 g/mol. The summed E-state index contributed by atoms with van der Waals surface area (Å²) in [6, 6.07) is 12.9. The van der Waals surface area contributed by atoms with Gasteiger partial charge in [-0.25, -0.2) is 15.0 Å². The van der Waals surface area contributed by atoms with Crippen molar-refractivity contribution in [3.05, 3.63) is 82.1 Å². The summed E-state index contributed by atoms with van der Waals surface area (Å²) in [5.74, 6) is 1.10. The minimum absolute atomic E-state index is 0.0193. The van der Waals surface area contributed by atoms with Crippen LogP contribution in [0.2, 0.25) is 0 Å². The first-order valence-corrected chi connectivity index (χ1v) is 11.8. The second kappa shape index (κ2) is 9.43. The number of aliphatic imine (C=N–C) groups is 1. The summed E-state index contributed by atoms with van der Waals surface area (Å²) in [6.07, 6.45) is 5.25. The van der Waals surface area contributed by atoms with Crippen LogP contribution in [-0.2, 0) is 4.74 Å². The first kappa shape index (κ1) is 22.8. The number of carbonyl (C=O) groups excluding carboxylic acids is 1. The average Bonchev–Trinajstić information content (AvgIpc) is 3.32. The number of fused-ring (bicyclic) bond motifs is 3. The van der Waals surface area contributed by atoms with Gasteiger partial charge in [-0.3, -0.25) is 14.9 Å². The van der Waals surface area contributed by atoms with Gasteiger partial charge in [-0.05, 0) is 24.3 Å². The van der Waals surface area contributed by atoms with Crippen LogP contribution < -0.4 is 15.0 Å². The lowest BCUT2D eigenvalue weighted by atomic mass is 10.0. The van der Waals surface area contributed by atoms with Crippen LogP contribution in [0.15, 0.2) is 65.7 Å². The van der Waals surface area contributed by atoms with Gasteiger partial charge in [0.05, 0.1) is 24.1 Å². The van der Waals surface area contributed by atoms with E-state index in [1.54, 1.807) is 30.5 Å². The number of hydrogen-bond donors (Lipinski definition) is 1. The highest BCUT2D eigenvalue weighted by Gasteiger charge is 2.39. The van der Waals surface area contributed by atoms with Gasteiger partial charge in [0.15, 0.2) is 17.4 Å². The standard InChI is InChI=1S/C26H22N6O5/c33-25(18-7-1-2-9-20(18)32(34)35)28-17-6-3-5-16(15-17)23-29-21-19-8-4-10-27-26(19)37-22(21)24(30-23)31-11-13-36-14-12-31/h1-10,15,19,26H,11-14H2,(H,28,33). The van der Waals surface area contributed by atoms with Crippen LogP contribution in [0.1, 0.15) is 22.0 Å². The van der Waals surface area contributed by atoms with Gasteiger partial charge >= 0.3 is 0 Å². The van der Waals surface area contributed by atoms with E-state index in [1.807, 2.05) is 18.2 Å². The first-order valence-electron chi connectivity index (χ1n) is 11.8. The molecule has 37 heavy (non-hydrogen) atoms. The molecule has 3 aliphatic rings. The number of dihydropyridines is 1. The van der Waals surface area contributed by atoms with Crippen molar-refractivity contribution in [2.75, 3.05) is 36.5 Å². The Bertz CT molecular complexity index is 1450. The number of nitro benzene ring substituents is 1. The molecule has 4 heterocycles. The zero-order valence-corrected chi connectivity index (χ0v) is 19.6. The molecule has 3 aliphatic heterocycles. The number of aromatic nitrogens is 2. The number of nitro groups is 1. The molecule has 2 atom stereocenters. The van der Waals surface area contributed by atoms with Crippen LogP contribution >= 0.6 is 0 Å². The largest absolute Gasteiger partial charge is 0.462 e. The topological polar surface area (TPSA) is 132 Å². The van der Waals surface area contributed by atoms with Crippen molar-refractivity contribution in [3.8, 4) is 17.1 Å². The third-order valence-corrected chi connectivity index (χ3v) is 6.41. The highest BCUT2D eigenvalue weighted by molar-refractivity contribution is 6.07. The predicted octanol–water partition coefficient (Wildman–Crippen LogP) is 3.58. The summed E-state index contributed by atoms with van der Waals surface area (Å²) in [7, 11) is 0. The highest BCUT2D eigenvalue weighted by atomic mass is 16.6. The van der Waals surface area contributed by atoms with Gasteiger partial charge in [-0.15, -0.1) is 0 Å². The Morgan fingerprint density at radius 3 is 2.78 bits per heavy atom. The summed E-state index contributed by atoms with van der Waals surface area (Å²) in [4.78, 5) is 39.9. The normalized spacial score (nSPS) is 19.6. The van der Waals surface area contributed by atoms with Gasteiger partial charge in [0, 0.05) is 36.6 Å². The van der Waals surface area contributed by atoms with Crippen molar-refractivity contribution in [3.63, 3.8) is 0 Å². The number of para-hydroxylation sites is 1. The molecule has 0 radical (unpaired) electrons. The van der Waals surface area contributed by atoms with E-state index < -0.39 is 10.8 Å². The highest BCUT2D eigenvalue weighted by Crippen LogP contribution is 2.45. The zero-order valence-electron chi connectivity index (χ0n) is 19.6. The molecule has 186 valence electrons. The Hall–Kier alpha value is -4.64. The molecular weight excluding hydrogens is 476 g/mol. The van der Waals surface area contributed by atoms with Crippen molar-refractivity contribution in [2.24, 2.45) is 4.99 Å². The molecule has 0 spiro atoms. The van der Waals surface area contributed by atoms with Gasteiger partial charge in [0.2, 0.25) is 6.23 Å². The van der Waals surface area contributed by atoms with Gasteiger partial charge in [-0.1, -0.05) is 30.3 Å². The summed E-state index contributed by atoms with van der Waals surface area (Å²) >= 11 is 0. The van der Waals surface area contributed by atoms with E-state index in [4.69, 9.17) is 19.4 Å². The Labute approximate surface area is 211 Å². The maximum Gasteiger partial charge on any atom is 0.282 e. The summed E-state index contributed by atoms with van der Waals surface area (Å²) < 4.78 is 11.7. The molecule has 1 aromatic heterocycles. The number of anilines is 2. The number of morpholine rings is 1. The molecule has 0 aliphatic carbocycles. The number of benzene rings is 2. The van der Waals surface area contributed by atoms with Crippen molar-refractivity contribution >= 4 is 29.3 Å². The number of rotatable bonds is 5. The van der Waals surface area contributed by atoms with Crippen molar-refractivity contribution in [2.45, 2.75) is 12.1 Å². The fraction of sp³-hybridized carbons (Fsp3) is 0.231. The van der Waals surface area contributed by atoms with Gasteiger partial charge in [-0.2, -0.15) is 0 Å². The van der Waals surface area contributed by atoms with E-state index in [1.165, 1.54) is 18.2 Å². The molecule has 0 saturated carbocycles. The van der Waals surface area contributed by atoms with Gasteiger partial charge < -0.3 is 19.7 Å². The molecule has 0 bridgehead atoms. The molecule has 2 unspecified atom stereocenters. The quantitative estimate of drug-likeness (QED) is 0.417. The first-order chi connectivity index (χ1) is 18.1. The molecule has 1 saturated heterocycles. The van der Waals surface area contributed by atoms with Crippen molar-refractivity contribution in [1.82, 2.24) is 9.97 Å². The van der Waals surface area contributed by atoms with Crippen molar-refractivity contribution in [1.29, 1.82) is 0 Å². The number of amides is 1. The number of hydrogen-bond acceptors (Lipinski definition) is 9. The lowest BCUT2D eigenvalue weighted by molar-refractivity contribution is -0.385. The Morgan fingerprint density at radius 1 is 1.11 bits per heavy atom. The molecule has 11 heteroatoms. The molecule has 3 aromatic rings. The number of nitrogens with zero attached hydrogens (tertiary/aromatic N) is 5. The zero-order chi connectivity index (χ0) is 25.4. The second-order valence-corrected chi connectivity index (χ2v) is 8.71. The van der Waals surface area contributed by atoms with Crippen LogP contribution in [0, 0.1) is 10.1 Å². The molecule has 1 fully saturated rings. The van der Waals surface area contributed by atoms with E-state index in [0.29, 0.717) is 54.9 Å². The minimum atomic E-state index is -0.574. The summed E-state index contributed by atoms with van der Waals surface area (Å²) in [5.41, 5.74) is 1.64. The number of allylic oxidation sites excluding steroid dienone is 1. The summed E-state index contributed by atoms with van der Waals surface area (Å²) in [5, 5.41) is 14.1. The van der Waals surface area contributed by atoms with E-state index >= 15 is 0 Å². The Kier molecular flexibility index (Phi) is 5.81. The fourth-order valence-electron chi connectivity index (χ4n) is 4.61. The van der Waals surface area contributed by atoms with E-state index in [-0.39, 0.29) is 23.4 Å². The SMILES string of the molecule is O=C(Nc1cccc(-c2nc3c(c(N4CCOCC4)n2)OC2N=CC=CC32)c1)c1ccccc1[N+](=O)[O-]. The predicted molar refractivity (Wildman–Crippen MR) is 136 cm³/mol. The van der Waals surface area contributed by atoms with Gasteiger partial charge in [0.25, 0.3) is 11.6 Å². The van der Waals surface area contributed by atoms with E-state index in [0.717, 1.165) is 5.69 Å². The summed E-state index contributed by atoms with van der Waals surface area (Å²) in [6.45, 7) is 2.53. The Morgan fingerprint density at radius 2 is 1.95 bits per heavy atom. The maximum absolute atomic E-state index is 12.9. The average molecular weight is 498 g/mol. The van der Waals surface area contributed by atoms with Crippen LogP contribution in [0.3, 0.4) is 0 Å². The van der Waals surface area contributed by atoms with Crippen LogP contribution in [0.4, 0.5) is 17.2 Å². The van der Waals surface area contributed by atoms with Crippen LogP contribution in [-0.4, -0.2) is 59.5 Å². The molecule has 2 aromatic carbocycles. The maximum atomic E-state index is 12.9. The second-order valence-electron chi connectivity index (χ2n) is 8.71. The smallest absolute Gasteiger partial charge is 0.282 e. The molecule has 6 rings (SSSR count). The lowest BCUT2D eigenvalue weighted by Crippen LogP contribution is -2.37. The molecule has 1 amide bonds. The van der Waals surface area contributed by atoms with Crippen LogP contribution in [0.5, 0.6) is 5.75 Å². The number of ether oxygens (including phenoxy) is 2. The van der Waals surface area contributed by atoms with E-state index in [9.17, 15) is 14.9 Å². The number of carbonyl (C=O) groups is 1. The fourth-order valence-corrected chi connectivity index (χ4v) is 4.61. The molecular formula is C26H22N6O5. The minimum Gasteiger partial charge on any atom is -0.462 e. The third-order valence-electron chi connectivity index (χ3n) is 6.41. The number of nitrogens with one attached hydrogen (secondary N) is 1. The third kappa shape index (κ3) is 4.29. The van der Waals surface area contributed by atoms with Gasteiger partial charge in [0.1, 0.15) is 11.3 Å². The van der Waals surface area contributed by atoms with Crippen molar-refractivity contribution < 1.29 is 19.2 Å².